The van der Waals surface area contributed by atoms with E-state index >= 15 is 0 Å². The Bertz CT molecular complexity index is 665. The van der Waals surface area contributed by atoms with Gasteiger partial charge in [0.25, 0.3) is 0 Å². The SMILES string of the molecule is Cc1ccc(OCCN2CCN(C)CC2)c(Cc2ccc(Cl)s2)c1. The fourth-order valence-corrected chi connectivity index (χ4v) is 4.09. The number of halogens is 1. The van der Waals surface area contributed by atoms with Crippen molar-refractivity contribution >= 4 is 22.9 Å². The van der Waals surface area contributed by atoms with Crippen LogP contribution in [0.4, 0.5) is 0 Å². The second kappa shape index (κ2) is 8.34. The summed E-state index contributed by atoms with van der Waals surface area (Å²) in [5, 5.41) is 0. The van der Waals surface area contributed by atoms with Crippen molar-refractivity contribution in [1.29, 1.82) is 0 Å². The van der Waals surface area contributed by atoms with Crippen LogP contribution >= 0.6 is 22.9 Å². The largest absolute Gasteiger partial charge is 0.492 e. The van der Waals surface area contributed by atoms with Crippen molar-refractivity contribution in [3.8, 4) is 5.75 Å². The van der Waals surface area contributed by atoms with Gasteiger partial charge in [0, 0.05) is 44.0 Å². The molecule has 3 rings (SSSR count). The smallest absolute Gasteiger partial charge is 0.122 e. The molecule has 1 saturated heterocycles. The van der Waals surface area contributed by atoms with E-state index in [1.54, 1.807) is 11.3 Å². The second-order valence-electron chi connectivity index (χ2n) is 6.49. The Morgan fingerprint density at radius 2 is 1.92 bits per heavy atom. The van der Waals surface area contributed by atoms with E-state index in [2.05, 4.69) is 48.0 Å². The number of ether oxygens (including phenoxy) is 1. The average Bonchev–Trinajstić information content (AvgIpc) is 2.96. The van der Waals surface area contributed by atoms with E-state index in [0.29, 0.717) is 0 Å². The number of rotatable bonds is 6. The van der Waals surface area contributed by atoms with Crippen LogP contribution in [0.25, 0.3) is 0 Å². The predicted molar refractivity (Wildman–Crippen MR) is 103 cm³/mol. The molecule has 1 aromatic carbocycles. The van der Waals surface area contributed by atoms with Gasteiger partial charge in [0.1, 0.15) is 12.4 Å². The summed E-state index contributed by atoms with van der Waals surface area (Å²) in [6.45, 7) is 8.42. The molecule has 3 nitrogen and oxygen atoms in total. The summed E-state index contributed by atoms with van der Waals surface area (Å²) >= 11 is 7.70. The minimum Gasteiger partial charge on any atom is -0.492 e. The first kappa shape index (κ1) is 17.7. The molecule has 1 aromatic heterocycles. The van der Waals surface area contributed by atoms with Gasteiger partial charge in [-0.15, -0.1) is 11.3 Å². The molecule has 1 aliphatic heterocycles. The topological polar surface area (TPSA) is 15.7 Å². The zero-order valence-corrected chi connectivity index (χ0v) is 16.0. The van der Waals surface area contributed by atoms with Gasteiger partial charge in [-0.3, -0.25) is 4.90 Å². The van der Waals surface area contributed by atoms with Gasteiger partial charge < -0.3 is 9.64 Å². The molecule has 0 atom stereocenters. The molecule has 1 aliphatic rings. The Balaban J connectivity index is 1.58. The lowest BCUT2D eigenvalue weighted by Gasteiger charge is -2.32. The number of piperazine rings is 1. The minimum absolute atomic E-state index is 0.741. The normalized spacial score (nSPS) is 16.5. The lowest BCUT2D eigenvalue weighted by Crippen LogP contribution is -2.45. The van der Waals surface area contributed by atoms with Crippen LogP contribution in [0.3, 0.4) is 0 Å². The summed E-state index contributed by atoms with van der Waals surface area (Å²) < 4.78 is 6.96. The number of nitrogens with zero attached hydrogens (tertiary/aromatic N) is 2. The van der Waals surface area contributed by atoms with Crippen LogP contribution in [0.5, 0.6) is 5.75 Å². The first-order chi connectivity index (χ1) is 11.6. The number of benzene rings is 1. The zero-order valence-electron chi connectivity index (χ0n) is 14.4. The van der Waals surface area contributed by atoms with E-state index in [4.69, 9.17) is 16.3 Å². The Labute approximate surface area is 153 Å². The van der Waals surface area contributed by atoms with E-state index in [-0.39, 0.29) is 0 Å². The lowest BCUT2D eigenvalue weighted by atomic mass is 10.1. The first-order valence-corrected chi connectivity index (χ1v) is 9.67. The molecule has 0 unspecified atom stereocenters. The van der Waals surface area contributed by atoms with Crippen molar-refractivity contribution in [1.82, 2.24) is 9.80 Å². The van der Waals surface area contributed by atoms with E-state index in [1.165, 1.54) is 16.0 Å². The van der Waals surface area contributed by atoms with Crippen LogP contribution in [-0.2, 0) is 6.42 Å². The summed E-state index contributed by atoms with van der Waals surface area (Å²) in [6, 6.07) is 10.5. The molecular weight excluding hydrogens is 340 g/mol. The van der Waals surface area contributed by atoms with Crippen LogP contribution in [-0.4, -0.2) is 56.2 Å². The number of likely N-dealkylation sites (N-methyl/N-ethyl adjacent to an activating group) is 1. The van der Waals surface area contributed by atoms with Gasteiger partial charge in [-0.05, 0) is 37.7 Å². The molecule has 1 fully saturated rings. The predicted octanol–water partition coefficient (Wildman–Crippen LogP) is 3.93. The minimum atomic E-state index is 0.741. The molecule has 24 heavy (non-hydrogen) atoms. The number of thiophene rings is 1. The standard InChI is InChI=1S/C19H25ClN2OS/c1-15-3-5-18(16(13-15)14-17-4-6-19(20)24-17)23-12-11-22-9-7-21(2)8-10-22/h3-6,13H,7-12,14H2,1-2H3. The summed E-state index contributed by atoms with van der Waals surface area (Å²) in [5.41, 5.74) is 2.51. The molecule has 0 aliphatic carbocycles. The molecule has 2 aromatic rings. The molecule has 130 valence electrons. The molecule has 0 saturated carbocycles. The number of hydrogen-bond donors (Lipinski definition) is 0. The quantitative estimate of drug-likeness (QED) is 0.772. The van der Waals surface area contributed by atoms with Crippen LogP contribution in [0.15, 0.2) is 30.3 Å². The Morgan fingerprint density at radius 3 is 2.62 bits per heavy atom. The molecule has 2 heterocycles. The summed E-state index contributed by atoms with van der Waals surface area (Å²) in [4.78, 5) is 6.13. The van der Waals surface area contributed by atoms with Gasteiger partial charge in [-0.25, -0.2) is 0 Å². The lowest BCUT2D eigenvalue weighted by molar-refractivity contribution is 0.133. The Hall–Kier alpha value is -1.07. The molecule has 5 heteroatoms. The summed E-state index contributed by atoms with van der Waals surface area (Å²) in [7, 11) is 2.18. The molecule has 0 amide bonds. The van der Waals surface area contributed by atoms with Crippen molar-refractivity contribution in [2.45, 2.75) is 13.3 Å². The molecule has 0 spiro atoms. The maximum absolute atomic E-state index is 6.12. The van der Waals surface area contributed by atoms with Gasteiger partial charge in [-0.1, -0.05) is 29.3 Å². The van der Waals surface area contributed by atoms with E-state index in [0.717, 1.165) is 55.8 Å². The van der Waals surface area contributed by atoms with Gasteiger partial charge in [0.15, 0.2) is 0 Å². The van der Waals surface area contributed by atoms with E-state index in [9.17, 15) is 0 Å². The van der Waals surface area contributed by atoms with Crippen molar-refractivity contribution < 1.29 is 4.74 Å². The molecular formula is C19H25ClN2OS. The van der Waals surface area contributed by atoms with Crippen molar-refractivity contribution in [2.24, 2.45) is 0 Å². The Kier molecular flexibility index (Phi) is 6.17. The Morgan fingerprint density at radius 1 is 1.12 bits per heavy atom. The highest BCUT2D eigenvalue weighted by Gasteiger charge is 2.14. The van der Waals surface area contributed by atoms with Crippen molar-refractivity contribution in [2.75, 3.05) is 46.4 Å². The van der Waals surface area contributed by atoms with Gasteiger partial charge in [-0.2, -0.15) is 0 Å². The van der Waals surface area contributed by atoms with Crippen LogP contribution in [0, 0.1) is 6.92 Å². The number of hydrogen-bond acceptors (Lipinski definition) is 4. The number of aryl methyl sites for hydroxylation is 1. The van der Waals surface area contributed by atoms with Crippen LogP contribution in [0.1, 0.15) is 16.0 Å². The molecule has 0 bridgehead atoms. The summed E-state index contributed by atoms with van der Waals surface area (Å²) in [5.74, 6) is 0.999. The van der Waals surface area contributed by atoms with Gasteiger partial charge in [0.05, 0.1) is 4.34 Å². The van der Waals surface area contributed by atoms with E-state index in [1.807, 2.05) is 6.07 Å². The van der Waals surface area contributed by atoms with Crippen LogP contribution < -0.4 is 4.74 Å². The van der Waals surface area contributed by atoms with Crippen LogP contribution in [0.2, 0.25) is 4.34 Å². The first-order valence-electron chi connectivity index (χ1n) is 8.47. The highest BCUT2D eigenvalue weighted by Crippen LogP contribution is 2.28. The maximum Gasteiger partial charge on any atom is 0.122 e. The monoisotopic (exact) mass is 364 g/mol. The molecule has 0 radical (unpaired) electrons. The average molecular weight is 365 g/mol. The summed E-state index contributed by atoms with van der Waals surface area (Å²) in [6.07, 6.45) is 0.878. The van der Waals surface area contributed by atoms with Crippen molar-refractivity contribution in [3.63, 3.8) is 0 Å². The fraction of sp³-hybridized carbons (Fsp3) is 0.474. The maximum atomic E-state index is 6.12. The third-order valence-corrected chi connectivity index (χ3v) is 5.70. The molecule has 0 N–H and O–H groups in total. The third-order valence-electron chi connectivity index (χ3n) is 4.47. The van der Waals surface area contributed by atoms with E-state index < -0.39 is 0 Å². The second-order valence-corrected chi connectivity index (χ2v) is 8.29. The van der Waals surface area contributed by atoms with Crippen molar-refractivity contribution in [3.05, 3.63) is 50.7 Å². The highest BCUT2D eigenvalue weighted by molar-refractivity contribution is 7.16. The van der Waals surface area contributed by atoms with Gasteiger partial charge in [0.2, 0.25) is 0 Å². The highest BCUT2D eigenvalue weighted by atomic mass is 35.5. The van der Waals surface area contributed by atoms with Gasteiger partial charge >= 0.3 is 0 Å². The third kappa shape index (κ3) is 4.96. The zero-order chi connectivity index (χ0) is 16.9. The fourth-order valence-electron chi connectivity index (χ4n) is 2.98.